The number of ether oxygens (including phenoxy) is 2. The molecule has 0 bridgehead atoms. The van der Waals surface area contributed by atoms with Gasteiger partial charge in [0.1, 0.15) is 24.7 Å². The fourth-order valence-electron chi connectivity index (χ4n) is 2.35. The van der Waals surface area contributed by atoms with Crippen molar-refractivity contribution < 1.29 is 48.5 Å². The summed E-state index contributed by atoms with van der Waals surface area (Å²) in [6, 6.07) is -5.04. The zero-order chi connectivity index (χ0) is 27.0. The molecule has 0 heterocycles. The van der Waals surface area contributed by atoms with Crippen LogP contribution in [-0.2, 0) is 33.4 Å². The van der Waals surface area contributed by atoms with Crippen LogP contribution in [0, 0.1) is 0 Å². The van der Waals surface area contributed by atoms with Gasteiger partial charge in [-0.3, -0.25) is 24.0 Å². The molecule has 0 rings (SSSR count). The van der Waals surface area contributed by atoms with Gasteiger partial charge in [0.25, 0.3) is 0 Å². The minimum atomic E-state index is -1.40. The number of primary amides is 3. The Morgan fingerprint density at radius 1 is 0.857 bits per heavy atom. The zero-order valence-electron chi connectivity index (χ0n) is 19.2. The number of hydrogen-bond acceptors (Lipinski definition) is 10. The first-order chi connectivity index (χ1) is 16.4. The fraction of sp³-hybridized carbons (Fsp3) is 0.667. The van der Waals surface area contributed by atoms with Crippen LogP contribution < -0.4 is 38.5 Å². The number of aliphatic hydroxyl groups excluding tert-OH is 2. The monoisotopic (exact) mass is 507 g/mol. The first-order valence-electron chi connectivity index (χ1n) is 10.3. The lowest BCUT2D eigenvalue weighted by atomic mass is 10.1. The van der Waals surface area contributed by atoms with E-state index in [0.717, 1.165) is 0 Å². The number of carbonyl (C=O) groups excluding carboxylic acids is 6. The summed E-state index contributed by atoms with van der Waals surface area (Å²) < 4.78 is 10.2. The van der Waals surface area contributed by atoms with E-state index in [1.165, 1.54) is 6.92 Å². The smallest absolute Gasteiger partial charge is 0.316 e. The molecular formula is C18H33N7O10. The third kappa shape index (κ3) is 14.4. The summed E-state index contributed by atoms with van der Waals surface area (Å²) in [7, 11) is 0. The predicted molar refractivity (Wildman–Crippen MR) is 117 cm³/mol. The Hall–Kier alpha value is -3.54. The van der Waals surface area contributed by atoms with Crippen molar-refractivity contribution in [1.82, 2.24) is 21.3 Å². The van der Waals surface area contributed by atoms with Crippen LogP contribution in [-0.4, -0.2) is 110 Å². The second-order valence-electron chi connectivity index (χ2n) is 7.12. The van der Waals surface area contributed by atoms with E-state index >= 15 is 0 Å². The summed E-state index contributed by atoms with van der Waals surface area (Å²) in [6.45, 7) is 0.281. The lowest BCUT2D eigenvalue weighted by Gasteiger charge is -2.22. The number of carbonyl (C=O) groups is 6. The van der Waals surface area contributed by atoms with Gasteiger partial charge in [0, 0.05) is 6.54 Å². The lowest BCUT2D eigenvalue weighted by Crippen LogP contribution is -2.58. The fourth-order valence-corrected chi connectivity index (χ4v) is 2.35. The molecule has 0 aromatic rings. The van der Waals surface area contributed by atoms with Crippen LogP contribution in [0.25, 0.3) is 0 Å². The molecule has 0 saturated carbocycles. The molecule has 17 nitrogen and oxygen atoms in total. The summed E-state index contributed by atoms with van der Waals surface area (Å²) in [6.07, 6.45) is -1.86. The maximum Gasteiger partial charge on any atom is 0.316 e. The van der Waals surface area contributed by atoms with Crippen molar-refractivity contribution in [3.63, 3.8) is 0 Å². The summed E-state index contributed by atoms with van der Waals surface area (Å²) in [5.74, 6) is -4.21. The van der Waals surface area contributed by atoms with Crippen molar-refractivity contribution in [3.05, 3.63) is 0 Å². The van der Waals surface area contributed by atoms with E-state index in [2.05, 4.69) is 21.3 Å². The number of aliphatic hydroxyl groups is 2. The summed E-state index contributed by atoms with van der Waals surface area (Å²) in [5, 5.41) is 27.5. The standard InChI is InChI=1S/C18H33N7O10/c1-9(27)14(25-18(33)24-10(15(20)30)6-12(19)28)17(32)22-2-3-34-4-5-35-8-13(29)23-11(7-26)16(21)31/h9-11,14,26-27H,2-8H2,1H3,(H2,19,28)(H2,20,30)(H2,21,31)(H,22,32)(H,23,29)(H2,24,25,33)/t9?,10-,11-,14?/m0/s1. The van der Waals surface area contributed by atoms with Gasteiger partial charge in [0.2, 0.25) is 29.5 Å². The minimum absolute atomic E-state index is 0.00574. The Morgan fingerprint density at radius 2 is 1.46 bits per heavy atom. The Labute approximate surface area is 200 Å². The maximum atomic E-state index is 12.2. The van der Waals surface area contributed by atoms with E-state index in [1.54, 1.807) is 0 Å². The van der Waals surface area contributed by atoms with Crippen LogP contribution in [0.2, 0.25) is 0 Å². The van der Waals surface area contributed by atoms with Gasteiger partial charge in [-0.1, -0.05) is 0 Å². The molecule has 0 aliphatic rings. The molecule has 7 amide bonds. The van der Waals surface area contributed by atoms with Gasteiger partial charge < -0.3 is 58.2 Å². The molecule has 200 valence electrons. The van der Waals surface area contributed by atoms with E-state index in [1.807, 2.05) is 0 Å². The molecular weight excluding hydrogens is 474 g/mol. The van der Waals surface area contributed by atoms with Crippen LogP contribution in [0.3, 0.4) is 0 Å². The van der Waals surface area contributed by atoms with E-state index in [0.29, 0.717) is 0 Å². The average molecular weight is 508 g/mol. The third-order valence-corrected chi connectivity index (χ3v) is 4.12. The Morgan fingerprint density at radius 3 is 1.97 bits per heavy atom. The van der Waals surface area contributed by atoms with E-state index in [-0.39, 0.29) is 26.4 Å². The quantitative estimate of drug-likeness (QED) is 0.0791. The number of hydrogen-bond donors (Lipinski definition) is 9. The topological polar surface area (TPSA) is 288 Å². The Bertz CT molecular complexity index is 749. The number of amides is 7. The molecule has 17 heteroatoms. The Balaban J connectivity index is 4.25. The van der Waals surface area contributed by atoms with Gasteiger partial charge in [-0.05, 0) is 6.92 Å². The first-order valence-corrected chi connectivity index (χ1v) is 10.3. The largest absolute Gasteiger partial charge is 0.394 e. The molecule has 0 aromatic heterocycles. The van der Waals surface area contributed by atoms with Gasteiger partial charge in [-0.15, -0.1) is 0 Å². The van der Waals surface area contributed by atoms with Crippen molar-refractivity contribution >= 4 is 35.6 Å². The predicted octanol–water partition coefficient (Wildman–Crippen LogP) is -6.12. The molecule has 2 unspecified atom stereocenters. The summed E-state index contributed by atoms with van der Waals surface area (Å²) in [4.78, 5) is 68.9. The summed E-state index contributed by atoms with van der Waals surface area (Å²) >= 11 is 0. The highest BCUT2D eigenvalue weighted by Crippen LogP contribution is 1.96. The van der Waals surface area contributed by atoms with Crippen LogP contribution >= 0.6 is 0 Å². The number of nitrogens with one attached hydrogen (secondary N) is 4. The Kier molecular flexibility index (Phi) is 15.3. The van der Waals surface area contributed by atoms with E-state index < -0.39 is 79.4 Å². The SMILES string of the molecule is CC(O)C(NC(=O)N[C@@H](CC(N)=O)C(N)=O)C(=O)NCCOCCOCC(=O)N[C@@H](CO)C(N)=O. The molecule has 0 aromatic carbocycles. The van der Waals surface area contributed by atoms with Crippen molar-refractivity contribution in [2.75, 3.05) is 39.6 Å². The normalized spacial score (nSPS) is 14.0. The van der Waals surface area contributed by atoms with Crippen LogP contribution in [0.5, 0.6) is 0 Å². The second-order valence-corrected chi connectivity index (χ2v) is 7.12. The molecule has 12 N–H and O–H groups in total. The van der Waals surface area contributed by atoms with Crippen LogP contribution in [0.15, 0.2) is 0 Å². The average Bonchev–Trinajstić information content (AvgIpc) is 2.76. The van der Waals surface area contributed by atoms with Gasteiger partial charge >= 0.3 is 6.03 Å². The molecule has 0 fully saturated rings. The second kappa shape index (κ2) is 17.0. The molecule has 0 spiro atoms. The third-order valence-electron chi connectivity index (χ3n) is 4.12. The van der Waals surface area contributed by atoms with Crippen molar-refractivity contribution in [2.45, 2.75) is 37.6 Å². The van der Waals surface area contributed by atoms with E-state index in [9.17, 15) is 33.9 Å². The highest BCUT2D eigenvalue weighted by atomic mass is 16.5. The zero-order valence-corrected chi connectivity index (χ0v) is 19.2. The molecule has 0 aliphatic heterocycles. The highest BCUT2D eigenvalue weighted by molar-refractivity contribution is 5.92. The molecule has 35 heavy (non-hydrogen) atoms. The van der Waals surface area contributed by atoms with Crippen molar-refractivity contribution in [3.8, 4) is 0 Å². The molecule has 0 aliphatic carbocycles. The van der Waals surface area contributed by atoms with Gasteiger partial charge in [0.15, 0.2) is 0 Å². The molecule has 4 atom stereocenters. The van der Waals surface area contributed by atoms with Gasteiger partial charge in [-0.25, -0.2) is 4.79 Å². The molecule has 0 saturated heterocycles. The first kappa shape index (κ1) is 31.5. The number of urea groups is 1. The number of nitrogens with two attached hydrogens (primary N) is 3. The van der Waals surface area contributed by atoms with Crippen molar-refractivity contribution in [1.29, 1.82) is 0 Å². The van der Waals surface area contributed by atoms with Crippen LogP contribution in [0.4, 0.5) is 4.79 Å². The van der Waals surface area contributed by atoms with Gasteiger partial charge in [-0.2, -0.15) is 0 Å². The minimum Gasteiger partial charge on any atom is -0.394 e. The van der Waals surface area contributed by atoms with E-state index in [4.69, 9.17) is 31.8 Å². The van der Waals surface area contributed by atoms with Crippen molar-refractivity contribution in [2.24, 2.45) is 17.2 Å². The summed E-state index contributed by atoms with van der Waals surface area (Å²) in [5.41, 5.74) is 15.0. The van der Waals surface area contributed by atoms with Crippen LogP contribution in [0.1, 0.15) is 13.3 Å². The van der Waals surface area contributed by atoms with Gasteiger partial charge in [0.05, 0.1) is 39.0 Å². The lowest BCUT2D eigenvalue weighted by molar-refractivity contribution is -0.131. The maximum absolute atomic E-state index is 12.2. The highest BCUT2D eigenvalue weighted by Gasteiger charge is 2.27. The molecule has 0 radical (unpaired) electrons. The number of rotatable bonds is 18.